The van der Waals surface area contributed by atoms with E-state index in [1.807, 2.05) is 43.3 Å². The molecule has 0 aliphatic rings. The molecular formula is C25H23F2N7O. The molecule has 5 rings (SSSR count). The van der Waals surface area contributed by atoms with Gasteiger partial charge >= 0.3 is 0 Å². The predicted molar refractivity (Wildman–Crippen MR) is 129 cm³/mol. The molecule has 0 saturated carbocycles. The van der Waals surface area contributed by atoms with E-state index in [0.29, 0.717) is 30.5 Å². The molecule has 2 aromatic carbocycles. The number of aromatic nitrogens is 6. The quantitative estimate of drug-likeness (QED) is 0.333. The highest BCUT2D eigenvalue weighted by atomic mass is 19.1. The summed E-state index contributed by atoms with van der Waals surface area (Å²) in [7, 11) is 0. The molecule has 1 N–H and O–H groups in total. The Bertz CT molecular complexity index is 1470. The van der Waals surface area contributed by atoms with Gasteiger partial charge in [0.2, 0.25) is 5.95 Å². The molecule has 0 radical (unpaired) electrons. The summed E-state index contributed by atoms with van der Waals surface area (Å²) in [5, 5.41) is 12.9. The van der Waals surface area contributed by atoms with Gasteiger partial charge in [-0.2, -0.15) is 15.2 Å². The second-order valence-corrected chi connectivity index (χ2v) is 7.78. The third kappa shape index (κ3) is 4.42. The monoisotopic (exact) mass is 475 g/mol. The molecule has 0 unspecified atom stereocenters. The van der Waals surface area contributed by atoms with Crippen molar-refractivity contribution in [3.8, 4) is 17.1 Å². The van der Waals surface area contributed by atoms with Crippen molar-refractivity contribution in [2.24, 2.45) is 0 Å². The second kappa shape index (κ2) is 9.49. The lowest BCUT2D eigenvalue weighted by Gasteiger charge is -2.10. The van der Waals surface area contributed by atoms with Gasteiger partial charge in [0, 0.05) is 41.5 Å². The summed E-state index contributed by atoms with van der Waals surface area (Å²) in [6.45, 7) is 4.65. The first kappa shape index (κ1) is 22.5. The van der Waals surface area contributed by atoms with Crippen molar-refractivity contribution in [1.29, 1.82) is 0 Å². The Morgan fingerprint density at radius 1 is 0.971 bits per heavy atom. The van der Waals surface area contributed by atoms with Gasteiger partial charge in [-0.3, -0.25) is 9.67 Å². The van der Waals surface area contributed by atoms with Crippen LogP contribution in [0.1, 0.15) is 19.4 Å². The fourth-order valence-electron chi connectivity index (χ4n) is 3.93. The van der Waals surface area contributed by atoms with Crippen molar-refractivity contribution < 1.29 is 13.5 Å². The number of pyridine rings is 1. The van der Waals surface area contributed by atoms with E-state index in [2.05, 4.69) is 20.4 Å². The number of benzene rings is 2. The molecule has 0 spiro atoms. The number of anilines is 2. The molecular weight excluding hydrogens is 452 g/mol. The van der Waals surface area contributed by atoms with Crippen LogP contribution < -0.4 is 10.1 Å². The molecule has 3 aromatic heterocycles. The van der Waals surface area contributed by atoms with E-state index >= 15 is 0 Å². The van der Waals surface area contributed by atoms with Crippen molar-refractivity contribution in [1.82, 2.24) is 29.5 Å². The van der Waals surface area contributed by atoms with Gasteiger partial charge in [0.1, 0.15) is 29.4 Å². The highest BCUT2D eigenvalue weighted by Crippen LogP contribution is 2.30. The summed E-state index contributed by atoms with van der Waals surface area (Å²) in [5.41, 5.74) is 2.63. The van der Waals surface area contributed by atoms with E-state index in [0.717, 1.165) is 16.6 Å². The van der Waals surface area contributed by atoms with Gasteiger partial charge in [0.25, 0.3) is 0 Å². The lowest BCUT2D eigenvalue weighted by molar-refractivity contribution is 0.335. The standard InChI is InChI=1S/C25H23F2N7O/c1-3-33-25(29-15-30-33)31-16-9-10-28-22(11-16)24-18-7-5-6-8-23(18)34(32-24)14-19-20(26)12-17(35-4-2)13-21(19)27/h5-13,15H,3-4,14H2,1-2H3,(H,28,29,30,31). The van der Waals surface area contributed by atoms with Crippen LogP contribution in [0.3, 0.4) is 0 Å². The van der Waals surface area contributed by atoms with Crippen LogP contribution in [0.15, 0.2) is 61.1 Å². The van der Waals surface area contributed by atoms with Crippen LogP contribution in [0, 0.1) is 11.6 Å². The number of ether oxygens (including phenoxy) is 1. The van der Waals surface area contributed by atoms with Gasteiger partial charge in [-0.15, -0.1) is 0 Å². The zero-order chi connectivity index (χ0) is 24.4. The highest BCUT2D eigenvalue weighted by molar-refractivity contribution is 5.92. The molecule has 0 amide bonds. The van der Waals surface area contributed by atoms with Gasteiger partial charge in [-0.1, -0.05) is 18.2 Å². The van der Waals surface area contributed by atoms with E-state index in [1.165, 1.54) is 18.5 Å². The van der Waals surface area contributed by atoms with E-state index in [1.54, 1.807) is 22.5 Å². The first-order chi connectivity index (χ1) is 17.1. The van der Waals surface area contributed by atoms with Crippen molar-refractivity contribution in [3.63, 3.8) is 0 Å². The van der Waals surface area contributed by atoms with Crippen LogP contribution in [0.2, 0.25) is 0 Å². The molecule has 35 heavy (non-hydrogen) atoms. The third-order valence-corrected chi connectivity index (χ3v) is 5.57. The minimum Gasteiger partial charge on any atom is -0.494 e. The van der Waals surface area contributed by atoms with Gasteiger partial charge in [-0.25, -0.2) is 13.5 Å². The first-order valence-corrected chi connectivity index (χ1v) is 11.2. The molecule has 5 aromatic rings. The Kier molecular flexibility index (Phi) is 6.09. The number of para-hydroxylation sites is 1. The summed E-state index contributed by atoms with van der Waals surface area (Å²) in [4.78, 5) is 8.74. The minimum absolute atomic E-state index is 0.0812. The molecule has 3 heterocycles. The first-order valence-electron chi connectivity index (χ1n) is 11.2. The molecule has 0 aliphatic heterocycles. The average molecular weight is 476 g/mol. The summed E-state index contributed by atoms with van der Waals surface area (Å²) in [6, 6.07) is 13.6. The number of aryl methyl sites for hydroxylation is 1. The summed E-state index contributed by atoms with van der Waals surface area (Å²) in [6.07, 6.45) is 3.16. The number of nitrogens with zero attached hydrogens (tertiary/aromatic N) is 6. The number of rotatable bonds is 8. The van der Waals surface area contributed by atoms with E-state index in [-0.39, 0.29) is 17.9 Å². The Labute approximate surface area is 200 Å². The summed E-state index contributed by atoms with van der Waals surface area (Å²) >= 11 is 0. The molecule has 0 saturated heterocycles. The molecule has 0 atom stereocenters. The van der Waals surface area contributed by atoms with Crippen molar-refractivity contribution in [2.45, 2.75) is 26.9 Å². The van der Waals surface area contributed by atoms with E-state index < -0.39 is 11.6 Å². The Hall–Kier alpha value is -4.34. The smallest absolute Gasteiger partial charge is 0.225 e. The lowest BCUT2D eigenvalue weighted by atomic mass is 10.1. The molecule has 178 valence electrons. The predicted octanol–water partition coefficient (Wildman–Crippen LogP) is 5.18. The van der Waals surface area contributed by atoms with Crippen LogP contribution in [0.5, 0.6) is 5.75 Å². The fraction of sp³-hybridized carbons (Fsp3) is 0.200. The minimum atomic E-state index is -0.682. The zero-order valence-corrected chi connectivity index (χ0v) is 19.2. The second-order valence-electron chi connectivity index (χ2n) is 7.78. The van der Waals surface area contributed by atoms with Gasteiger partial charge < -0.3 is 10.1 Å². The summed E-state index contributed by atoms with van der Waals surface area (Å²) in [5.74, 6) is -0.593. The van der Waals surface area contributed by atoms with Gasteiger partial charge in [-0.05, 0) is 32.0 Å². The van der Waals surface area contributed by atoms with Crippen LogP contribution in [-0.2, 0) is 13.1 Å². The number of halogens is 2. The van der Waals surface area contributed by atoms with Crippen molar-refractivity contribution >= 4 is 22.5 Å². The zero-order valence-electron chi connectivity index (χ0n) is 19.2. The maximum Gasteiger partial charge on any atom is 0.225 e. The Balaban J connectivity index is 1.52. The van der Waals surface area contributed by atoms with Gasteiger partial charge in [0.15, 0.2) is 0 Å². The van der Waals surface area contributed by atoms with Gasteiger partial charge in [0.05, 0.1) is 24.4 Å². The fourth-order valence-corrected chi connectivity index (χ4v) is 3.93. The summed E-state index contributed by atoms with van der Waals surface area (Å²) < 4.78 is 38.1. The maximum absolute atomic E-state index is 14.8. The van der Waals surface area contributed by atoms with Crippen LogP contribution >= 0.6 is 0 Å². The van der Waals surface area contributed by atoms with E-state index in [9.17, 15) is 8.78 Å². The normalized spacial score (nSPS) is 11.2. The van der Waals surface area contributed by atoms with Crippen LogP contribution in [0.4, 0.5) is 20.4 Å². The van der Waals surface area contributed by atoms with E-state index in [4.69, 9.17) is 9.84 Å². The van der Waals surface area contributed by atoms with Crippen molar-refractivity contribution in [3.05, 3.63) is 78.3 Å². The highest BCUT2D eigenvalue weighted by Gasteiger charge is 2.18. The topological polar surface area (TPSA) is 82.7 Å². The average Bonchev–Trinajstić information content (AvgIpc) is 3.46. The number of nitrogens with one attached hydrogen (secondary N) is 1. The van der Waals surface area contributed by atoms with Crippen molar-refractivity contribution in [2.75, 3.05) is 11.9 Å². The number of fused-ring (bicyclic) bond motifs is 1. The van der Waals surface area contributed by atoms with Crippen LogP contribution in [0.25, 0.3) is 22.3 Å². The number of hydrogen-bond acceptors (Lipinski definition) is 6. The third-order valence-electron chi connectivity index (χ3n) is 5.57. The maximum atomic E-state index is 14.8. The molecule has 10 heteroatoms. The molecule has 0 aliphatic carbocycles. The largest absolute Gasteiger partial charge is 0.494 e. The SMILES string of the molecule is CCOc1cc(F)c(Cn2nc(-c3cc(Nc4ncnn4CC)ccn3)c3ccccc32)c(F)c1. The number of hydrogen-bond donors (Lipinski definition) is 1. The van der Waals surface area contributed by atoms with Crippen LogP contribution in [-0.4, -0.2) is 36.1 Å². The Morgan fingerprint density at radius 2 is 1.77 bits per heavy atom. The lowest BCUT2D eigenvalue weighted by Crippen LogP contribution is -2.07. The molecule has 0 bridgehead atoms. The molecule has 0 fully saturated rings. The Morgan fingerprint density at radius 3 is 2.54 bits per heavy atom. The molecule has 8 nitrogen and oxygen atoms in total.